The van der Waals surface area contributed by atoms with Crippen LogP contribution >= 0.6 is 11.8 Å². The third-order valence-corrected chi connectivity index (χ3v) is 2.67. The van der Waals surface area contributed by atoms with Gasteiger partial charge in [0.25, 0.3) is 0 Å². The van der Waals surface area contributed by atoms with Crippen molar-refractivity contribution in [2.45, 2.75) is 18.1 Å². The molecule has 1 atom stereocenters. The van der Waals surface area contributed by atoms with E-state index in [0.29, 0.717) is 13.2 Å². The van der Waals surface area contributed by atoms with Crippen molar-refractivity contribution in [1.29, 1.82) is 0 Å². The minimum Gasteiger partial charge on any atom is -0.383 e. The highest BCUT2D eigenvalue weighted by Gasteiger charge is 2.41. The van der Waals surface area contributed by atoms with E-state index in [1.807, 2.05) is 6.26 Å². The van der Waals surface area contributed by atoms with Crippen LogP contribution in [0.1, 0.15) is 6.42 Å². The second-order valence-corrected chi connectivity index (χ2v) is 3.97. The van der Waals surface area contributed by atoms with Crippen LogP contribution in [-0.4, -0.2) is 42.0 Å². The first kappa shape index (κ1) is 9.32. The molecular formula is C7H15NO2S. The van der Waals surface area contributed by atoms with Crippen molar-refractivity contribution in [2.75, 3.05) is 25.2 Å². The van der Waals surface area contributed by atoms with Gasteiger partial charge in [0.05, 0.1) is 13.2 Å². The van der Waals surface area contributed by atoms with E-state index in [-0.39, 0.29) is 6.04 Å². The van der Waals surface area contributed by atoms with E-state index in [1.165, 1.54) is 0 Å². The Hall–Kier alpha value is 0.230. The number of rotatable bonds is 4. The topological polar surface area (TPSA) is 55.5 Å². The molecular weight excluding hydrogens is 162 g/mol. The van der Waals surface area contributed by atoms with Gasteiger partial charge in [0, 0.05) is 6.04 Å². The van der Waals surface area contributed by atoms with E-state index < -0.39 is 5.60 Å². The fraction of sp³-hybridized carbons (Fsp3) is 1.00. The van der Waals surface area contributed by atoms with Crippen LogP contribution in [0, 0.1) is 0 Å². The van der Waals surface area contributed by atoms with Gasteiger partial charge in [0.1, 0.15) is 5.60 Å². The first-order valence-corrected chi connectivity index (χ1v) is 5.13. The zero-order valence-electron chi connectivity index (χ0n) is 6.75. The molecule has 3 nitrogen and oxygen atoms in total. The molecule has 0 saturated carbocycles. The van der Waals surface area contributed by atoms with Crippen molar-refractivity contribution in [2.24, 2.45) is 5.73 Å². The maximum Gasteiger partial charge on any atom is 0.126 e. The molecule has 1 aliphatic rings. The molecule has 0 aromatic carbocycles. The summed E-state index contributed by atoms with van der Waals surface area (Å²) >= 11 is 1.75. The number of hydrogen-bond donors (Lipinski definition) is 2. The summed E-state index contributed by atoms with van der Waals surface area (Å²) in [4.78, 5) is 0. The van der Waals surface area contributed by atoms with Crippen LogP contribution in [0.25, 0.3) is 0 Å². The first-order chi connectivity index (χ1) is 5.19. The molecule has 0 spiro atoms. The van der Waals surface area contributed by atoms with Crippen molar-refractivity contribution in [3.63, 3.8) is 0 Å². The summed E-state index contributed by atoms with van der Waals surface area (Å²) in [5, 5.41) is 9.65. The van der Waals surface area contributed by atoms with Crippen LogP contribution in [0.5, 0.6) is 0 Å². The minimum atomic E-state index is -0.726. The Balaban J connectivity index is 2.22. The Bertz CT molecular complexity index is 128. The third kappa shape index (κ3) is 2.08. The quantitative estimate of drug-likeness (QED) is 0.626. The molecule has 1 heterocycles. The fourth-order valence-electron chi connectivity index (χ4n) is 1.04. The fourth-order valence-corrected chi connectivity index (χ4v) is 1.53. The van der Waals surface area contributed by atoms with Gasteiger partial charge < -0.3 is 15.6 Å². The molecule has 4 heteroatoms. The first-order valence-electron chi connectivity index (χ1n) is 3.74. The van der Waals surface area contributed by atoms with Crippen LogP contribution in [0.2, 0.25) is 0 Å². The average Bonchev–Trinajstić information content (AvgIpc) is 1.95. The molecule has 0 aromatic rings. The van der Waals surface area contributed by atoms with E-state index in [9.17, 15) is 5.11 Å². The second kappa shape index (κ2) is 3.76. The van der Waals surface area contributed by atoms with Gasteiger partial charge >= 0.3 is 0 Å². The average molecular weight is 177 g/mol. The zero-order chi connectivity index (χ0) is 8.32. The molecule has 0 aromatic heterocycles. The monoisotopic (exact) mass is 177 g/mol. The Morgan fingerprint density at radius 2 is 2.36 bits per heavy atom. The van der Waals surface area contributed by atoms with Gasteiger partial charge in [0.2, 0.25) is 0 Å². The summed E-state index contributed by atoms with van der Waals surface area (Å²) in [5.41, 5.74) is 5.03. The van der Waals surface area contributed by atoms with Gasteiger partial charge in [-0.25, -0.2) is 0 Å². The molecule has 1 rings (SSSR count). The molecule has 0 bridgehead atoms. The van der Waals surface area contributed by atoms with Gasteiger partial charge in [-0.1, -0.05) is 0 Å². The summed E-state index contributed by atoms with van der Waals surface area (Å²) in [7, 11) is 0. The Morgan fingerprint density at radius 3 is 2.73 bits per heavy atom. The van der Waals surface area contributed by atoms with Crippen LogP contribution in [0.4, 0.5) is 0 Å². The van der Waals surface area contributed by atoms with Gasteiger partial charge in [-0.05, 0) is 18.4 Å². The van der Waals surface area contributed by atoms with Crippen LogP contribution in [0.3, 0.4) is 0 Å². The van der Waals surface area contributed by atoms with Crippen molar-refractivity contribution < 1.29 is 9.84 Å². The van der Waals surface area contributed by atoms with Gasteiger partial charge in [-0.15, -0.1) is 0 Å². The highest BCUT2D eigenvalue weighted by atomic mass is 32.2. The maximum absolute atomic E-state index is 9.65. The molecule has 0 aliphatic carbocycles. The standard InChI is InChI=1S/C7H15NO2S/c1-11-3-2-6(8)7(9)4-10-5-7/h6,9H,2-5,8H2,1H3/t6-/m1/s1. The highest BCUT2D eigenvalue weighted by molar-refractivity contribution is 7.98. The molecule has 3 N–H and O–H groups in total. The molecule has 0 radical (unpaired) electrons. The van der Waals surface area contributed by atoms with Crippen LogP contribution < -0.4 is 5.73 Å². The molecule has 66 valence electrons. The predicted molar refractivity (Wildman–Crippen MR) is 46.7 cm³/mol. The van der Waals surface area contributed by atoms with E-state index in [4.69, 9.17) is 10.5 Å². The smallest absolute Gasteiger partial charge is 0.126 e. The van der Waals surface area contributed by atoms with E-state index in [2.05, 4.69) is 0 Å². The number of thioether (sulfide) groups is 1. The Kier molecular flexibility index (Phi) is 3.18. The van der Waals surface area contributed by atoms with E-state index in [1.54, 1.807) is 11.8 Å². The second-order valence-electron chi connectivity index (χ2n) is 2.98. The molecule has 0 amide bonds. The van der Waals surface area contributed by atoms with Crippen LogP contribution in [-0.2, 0) is 4.74 Å². The van der Waals surface area contributed by atoms with Crippen molar-refractivity contribution >= 4 is 11.8 Å². The normalized spacial score (nSPS) is 24.3. The number of ether oxygens (including phenoxy) is 1. The Morgan fingerprint density at radius 1 is 1.73 bits per heavy atom. The summed E-state index contributed by atoms with van der Waals surface area (Å²) in [6.07, 6.45) is 2.90. The number of nitrogens with two attached hydrogens (primary N) is 1. The zero-order valence-corrected chi connectivity index (χ0v) is 7.56. The van der Waals surface area contributed by atoms with Gasteiger partial charge in [0.15, 0.2) is 0 Å². The lowest BCUT2D eigenvalue weighted by Crippen LogP contribution is -2.61. The van der Waals surface area contributed by atoms with Gasteiger partial charge in [-0.3, -0.25) is 0 Å². The highest BCUT2D eigenvalue weighted by Crippen LogP contribution is 2.22. The number of aliphatic hydroxyl groups is 1. The van der Waals surface area contributed by atoms with Gasteiger partial charge in [-0.2, -0.15) is 11.8 Å². The third-order valence-electron chi connectivity index (χ3n) is 2.03. The summed E-state index contributed by atoms with van der Waals surface area (Å²) < 4.78 is 4.90. The SMILES string of the molecule is CSCC[C@@H](N)C1(O)COC1. The molecule has 11 heavy (non-hydrogen) atoms. The summed E-state index contributed by atoms with van der Waals surface area (Å²) in [6.45, 7) is 0.811. The molecule has 0 unspecified atom stereocenters. The molecule has 1 fully saturated rings. The van der Waals surface area contributed by atoms with Crippen molar-refractivity contribution in [3.8, 4) is 0 Å². The lowest BCUT2D eigenvalue weighted by atomic mass is 9.91. The van der Waals surface area contributed by atoms with Crippen LogP contribution in [0.15, 0.2) is 0 Å². The lowest BCUT2D eigenvalue weighted by molar-refractivity contribution is -0.189. The Labute approximate surface area is 71.3 Å². The predicted octanol–water partition coefficient (Wildman–Crippen LogP) is -0.172. The summed E-state index contributed by atoms with van der Waals surface area (Å²) in [5.74, 6) is 1.00. The lowest BCUT2D eigenvalue weighted by Gasteiger charge is -2.40. The van der Waals surface area contributed by atoms with Crippen molar-refractivity contribution in [1.82, 2.24) is 0 Å². The molecule has 1 saturated heterocycles. The maximum atomic E-state index is 9.65. The van der Waals surface area contributed by atoms with E-state index in [0.717, 1.165) is 12.2 Å². The van der Waals surface area contributed by atoms with Crippen molar-refractivity contribution in [3.05, 3.63) is 0 Å². The minimum absolute atomic E-state index is 0.122. The largest absolute Gasteiger partial charge is 0.383 e. The molecule has 1 aliphatic heterocycles. The summed E-state index contributed by atoms with van der Waals surface area (Å²) in [6, 6.07) is -0.122. The number of hydrogen-bond acceptors (Lipinski definition) is 4. The van der Waals surface area contributed by atoms with E-state index >= 15 is 0 Å².